The number of ether oxygens (including phenoxy) is 8. The van der Waals surface area contributed by atoms with Crippen molar-refractivity contribution in [3.05, 3.63) is 201 Å². The monoisotopic (exact) mass is 951 g/mol. The van der Waals surface area contributed by atoms with E-state index >= 15 is 8.78 Å². The Balaban J connectivity index is 1.01. The van der Waals surface area contributed by atoms with Gasteiger partial charge in [0.05, 0.1) is 52.1 Å². The minimum absolute atomic E-state index is 0.00633. The SMILES string of the molecule is Cc1cc([C@@H]2c3cc4c(cc3[C@@H](NCC(F)(F)[C@@H]3O[C@H](COCc5ccccc5)[C@@H](OCc5ccccc5)[C@H](OCc5ccccc5)[C@H]3OCc3ccccc3)[C@H]3COC(=O)[C@H]23)OCO4)cc(C)c1C. The minimum Gasteiger partial charge on any atom is -0.465 e. The molecular weight excluding hydrogens is 893 g/mol. The molecule has 364 valence electrons. The van der Waals surface area contributed by atoms with Gasteiger partial charge < -0.3 is 43.2 Å². The van der Waals surface area contributed by atoms with Gasteiger partial charge in [-0.25, -0.2) is 8.78 Å². The van der Waals surface area contributed by atoms with E-state index in [4.69, 9.17) is 37.9 Å². The molecule has 10 nitrogen and oxygen atoms in total. The lowest BCUT2D eigenvalue weighted by molar-refractivity contribution is -0.309. The lowest BCUT2D eigenvalue weighted by atomic mass is 9.65. The first-order valence-electron chi connectivity index (χ1n) is 24.1. The predicted molar refractivity (Wildman–Crippen MR) is 259 cm³/mol. The van der Waals surface area contributed by atoms with Crippen molar-refractivity contribution in [2.45, 2.75) is 95.6 Å². The highest BCUT2D eigenvalue weighted by molar-refractivity contribution is 5.79. The summed E-state index contributed by atoms with van der Waals surface area (Å²) in [7, 11) is 0. The molecule has 6 aromatic rings. The fourth-order valence-corrected chi connectivity index (χ4v) is 10.5. The molecular formula is C58H59F2NO9. The van der Waals surface area contributed by atoms with E-state index in [1.807, 2.05) is 133 Å². The Bertz CT molecular complexity index is 2690. The normalized spacial score (nSPS) is 24.8. The van der Waals surface area contributed by atoms with E-state index in [-0.39, 0.29) is 52.4 Å². The highest BCUT2D eigenvalue weighted by atomic mass is 19.3. The molecule has 2 saturated heterocycles. The van der Waals surface area contributed by atoms with Crippen LogP contribution in [-0.4, -0.2) is 69.0 Å². The van der Waals surface area contributed by atoms with Crippen LogP contribution in [0.4, 0.5) is 8.78 Å². The number of cyclic esters (lactones) is 1. The summed E-state index contributed by atoms with van der Waals surface area (Å²) in [4.78, 5) is 14.0. The molecule has 10 rings (SSSR count). The highest BCUT2D eigenvalue weighted by Crippen LogP contribution is 2.55. The summed E-state index contributed by atoms with van der Waals surface area (Å²) in [5.41, 5.74) is 9.32. The zero-order chi connectivity index (χ0) is 48.2. The zero-order valence-electron chi connectivity index (χ0n) is 39.6. The number of nitrogens with one attached hydrogen (secondary N) is 1. The number of carbonyl (C=O) groups is 1. The first-order chi connectivity index (χ1) is 34.1. The fraction of sp³-hybridized carbons (Fsp3) is 0.362. The van der Waals surface area contributed by atoms with Crippen LogP contribution in [0.5, 0.6) is 11.5 Å². The van der Waals surface area contributed by atoms with Crippen molar-refractivity contribution in [2.24, 2.45) is 11.8 Å². The maximum absolute atomic E-state index is 18.1. The van der Waals surface area contributed by atoms with Gasteiger partial charge >= 0.3 is 5.97 Å². The van der Waals surface area contributed by atoms with Crippen LogP contribution in [0, 0.1) is 32.6 Å². The third-order valence-corrected chi connectivity index (χ3v) is 14.4. The van der Waals surface area contributed by atoms with Crippen molar-refractivity contribution >= 4 is 5.97 Å². The molecule has 2 fully saturated rings. The Morgan fingerprint density at radius 1 is 0.614 bits per heavy atom. The Morgan fingerprint density at radius 2 is 1.11 bits per heavy atom. The van der Waals surface area contributed by atoms with Crippen LogP contribution >= 0.6 is 0 Å². The van der Waals surface area contributed by atoms with Gasteiger partial charge in [-0.1, -0.05) is 133 Å². The van der Waals surface area contributed by atoms with Crippen LogP contribution in [0.25, 0.3) is 0 Å². The Kier molecular flexibility index (Phi) is 14.4. The summed E-state index contributed by atoms with van der Waals surface area (Å²) < 4.78 is 86.9. The van der Waals surface area contributed by atoms with Crippen LogP contribution in [0.1, 0.15) is 67.6 Å². The van der Waals surface area contributed by atoms with Gasteiger partial charge in [0.25, 0.3) is 5.92 Å². The average molecular weight is 952 g/mol. The van der Waals surface area contributed by atoms with Gasteiger partial charge in [0, 0.05) is 17.9 Å². The molecule has 6 aromatic carbocycles. The average Bonchev–Trinajstić information content (AvgIpc) is 4.01. The lowest BCUT2D eigenvalue weighted by Gasteiger charge is -2.48. The Labute approximate surface area is 408 Å². The van der Waals surface area contributed by atoms with Crippen molar-refractivity contribution in [3.63, 3.8) is 0 Å². The fourth-order valence-electron chi connectivity index (χ4n) is 10.5. The molecule has 70 heavy (non-hydrogen) atoms. The minimum atomic E-state index is -3.60. The maximum Gasteiger partial charge on any atom is 0.310 e. The first kappa shape index (κ1) is 47.7. The number of halogens is 2. The molecule has 1 N–H and O–H groups in total. The molecule has 0 amide bonds. The summed E-state index contributed by atoms with van der Waals surface area (Å²) in [6.45, 7) is 5.86. The predicted octanol–water partition coefficient (Wildman–Crippen LogP) is 10.3. The maximum atomic E-state index is 18.1. The molecule has 0 radical (unpaired) electrons. The van der Waals surface area contributed by atoms with Crippen LogP contribution in [-0.2, 0) is 59.6 Å². The van der Waals surface area contributed by atoms with Gasteiger partial charge in [0.1, 0.15) is 24.4 Å². The Morgan fingerprint density at radius 3 is 1.67 bits per heavy atom. The van der Waals surface area contributed by atoms with E-state index in [0.29, 0.717) is 11.5 Å². The molecule has 0 saturated carbocycles. The summed E-state index contributed by atoms with van der Waals surface area (Å²) >= 11 is 0. The molecule has 3 aliphatic heterocycles. The van der Waals surface area contributed by atoms with Gasteiger partial charge in [-0.05, 0) is 88.5 Å². The number of fused-ring (bicyclic) bond motifs is 3. The highest BCUT2D eigenvalue weighted by Gasteiger charge is 2.59. The van der Waals surface area contributed by atoms with E-state index in [1.165, 1.54) is 5.56 Å². The molecule has 4 aliphatic rings. The number of aryl methyl sites for hydroxylation is 2. The van der Waals surface area contributed by atoms with Gasteiger partial charge in [0.15, 0.2) is 17.6 Å². The number of esters is 1. The second-order valence-electron chi connectivity index (χ2n) is 18.9. The zero-order valence-corrected chi connectivity index (χ0v) is 39.6. The molecule has 3 heterocycles. The molecule has 9 atom stereocenters. The van der Waals surface area contributed by atoms with E-state index in [0.717, 1.165) is 50.1 Å². The molecule has 0 aromatic heterocycles. The van der Waals surface area contributed by atoms with Crippen molar-refractivity contribution in [1.29, 1.82) is 0 Å². The summed E-state index contributed by atoms with van der Waals surface area (Å²) in [6.07, 6.45) is -6.15. The van der Waals surface area contributed by atoms with Gasteiger partial charge in [0.2, 0.25) is 6.79 Å². The number of hydrogen-bond donors (Lipinski definition) is 1. The number of hydrogen-bond acceptors (Lipinski definition) is 10. The van der Waals surface area contributed by atoms with E-state index in [9.17, 15) is 4.79 Å². The molecule has 0 spiro atoms. The van der Waals surface area contributed by atoms with Crippen LogP contribution in [0.15, 0.2) is 146 Å². The van der Waals surface area contributed by atoms with Crippen LogP contribution in [0.3, 0.4) is 0 Å². The van der Waals surface area contributed by atoms with E-state index in [1.54, 1.807) is 0 Å². The summed E-state index contributed by atoms with van der Waals surface area (Å²) in [5, 5.41) is 3.29. The Hall–Kier alpha value is -5.99. The lowest BCUT2D eigenvalue weighted by Crippen LogP contribution is -2.66. The largest absolute Gasteiger partial charge is 0.465 e. The smallest absolute Gasteiger partial charge is 0.310 e. The number of carbonyl (C=O) groups excluding carboxylic acids is 1. The standard InChI is InChI=1S/C58H59F2NO9/c1-36-24-43(25-37(2)38(36)3)50-44-26-47-48(69-35-68-47)27-45(44)52(46-32-67-57(62)51(46)50)61-34-58(59,60)56-55(66-31-42-22-14-7-15-23-42)54(65-30-41-20-12-6-13-21-41)53(64-29-40-18-10-5-11-19-40)49(70-56)33-63-28-39-16-8-4-9-17-39/h4-27,46,49-56,61H,28-35H2,1-3H3/t46-,49+,50+,51-,52+,53+,54-,55+,56+/m0/s1. The molecule has 0 unspecified atom stereocenters. The number of benzene rings is 6. The van der Waals surface area contributed by atoms with Crippen molar-refractivity contribution in [2.75, 3.05) is 26.6 Å². The van der Waals surface area contributed by atoms with Gasteiger partial charge in [-0.2, -0.15) is 0 Å². The van der Waals surface area contributed by atoms with Crippen molar-refractivity contribution in [3.8, 4) is 11.5 Å². The quantitative estimate of drug-likeness (QED) is 0.0838. The van der Waals surface area contributed by atoms with E-state index < -0.39 is 66.8 Å². The molecule has 1 aliphatic carbocycles. The number of alkyl halides is 2. The van der Waals surface area contributed by atoms with Crippen molar-refractivity contribution in [1.82, 2.24) is 5.32 Å². The van der Waals surface area contributed by atoms with Crippen LogP contribution < -0.4 is 14.8 Å². The number of rotatable bonds is 18. The second-order valence-corrected chi connectivity index (χ2v) is 18.9. The first-order valence-corrected chi connectivity index (χ1v) is 24.1. The van der Waals surface area contributed by atoms with Gasteiger partial charge in [-0.3, -0.25) is 4.79 Å². The van der Waals surface area contributed by atoms with Crippen molar-refractivity contribution < 1.29 is 51.5 Å². The molecule has 12 heteroatoms. The summed E-state index contributed by atoms with van der Waals surface area (Å²) in [6, 6.07) is 45.7. The van der Waals surface area contributed by atoms with Gasteiger partial charge in [-0.15, -0.1) is 0 Å². The third kappa shape index (κ3) is 10.3. The molecule has 0 bridgehead atoms. The second kappa shape index (κ2) is 21.2. The van der Waals surface area contributed by atoms with Crippen LogP contribution in [0.2, 0.25) is 0 Å². The van der Waals surface area contributed by atoms with E-state index in [2.05, 4.69) is 38.2 Å². The summed E-state index contributed by atoms with van der Waals surface area (Å²) in [5.74, 6) is -4.47. The topological polar surface area (TPSA) is 103 Å². The third-order valence-electron chi connectivity index (χ3n) is 14.4.